The monoisotopic (exact) mass is 267 g/mol. The number of nitro groups is 1. The van der Waals surface area contributed by atoms with Crippen LogP contribution in [0.4, 0.5) is 5.69 Å². The van der Waals surface area contributed by atoms with E-state index < -0.39 is 10.9 Å². The van der Waals surface area contributed by atoms with E-state index in [1.165, 1.54) is 18.2 Å². The third-order valence-corrected chi connectivity index (χ3v) is 2.21. The fraction of sp³-hybridized carbons (Fsp3) is 0.273. The molecule has 0 saturated heterocycles. The summed E-state index contributed by atoms with van der Waals surface area (Å²) in [5.74, 6) is 4.47. The Labute approximate surface area is 108 Å². The highest BCUT2D eigenvalue weighted by Gasteiger charge is 2.13. The van der Waals surface area contributed by atoms with Gasteiger partial charge in [-0.05, 0) is 18.6 Å². The minimum absolute atomic E-state index is 0.00406. The third-order valence-electron chi connectivity index (χ3n) is 2.21. The van der Waals surface area contributed by atoms with Gasteiger partial charge in [-0.1, -0.05) is 0 Å². The van der Waals surface area contributed by atoms with Crippen molar-refractivity contribution in [2.24, 2.45) is 10.9 Å². The first kappa shape index (κ1) is 14.4. The molecule has 0 amide bonds. The standard InChI is InChI=1S/C11H13N3O5/c12-13-7-8-6-9(3-4-10(8)14(17)18)19-5-1-2-11(15)16/h3-4,6-7H,1-2,5,12H2,(H,15,16). The van der Waals surface area contributed by atoms with Gasteiger partial charge in [0.05, 0.1) is 23.3 Å². The maximum absolute atomic E-state index is 10.7. The zero-order chi connectivity index (χ0) is 14.3. The van der Waals surface area contributed by atoms with Crippen molar-refractivity contribution in [1.29, 1.82) is 0 Å². The van der Waals surface area contributed by atoms with Gasteiger partial charge in [-0.3, -0.25) is 14.9 Å². The largest absolute Gasteiger partial charge is 0.494 e. The van der Waals surface area contributed by atoms with Crippen molar-refractivity contribution in [1.82, 2.24) is 0 Å². The summed E-state index contributed by atoms with van der Waals surface area (Å²) < 4.78 is 5.29. The Morgan fingerprint density at radius 3 is 2.89 bits per heavy atom. The number of hydrogen-bond donors (Lipinski definition) is 2. The van der Waals surface area contributed by atoms with Crippen molar-refractivity contribution in [3.8, 4) is 5.75 Å². The van der Waals surface area contributed by atoms with Crippen molar-refractivity contribution >= 4 is 17.9 Å². The topological polar surface area (TPSA) is 128 Å². The second-order valence-electron chi connectivity index (χ2n) is 3.60. The summed E-state index contributed by atoms with van der Waals surface area (Å²) in [7, 11) is 0. The molecule has 0 saturated carbocycles. The maximum Gasteiger partial charge on any atom is 0.303 e. The minimum atomic E-state index is -0.900. The number of rotatable bonds is 7. The molecule has 0 aliphatic carbocycles. The number of hydrazone groups is 1. The molecule has 8 heteroatoms. The average Bonchev–Trinajstić information content (AvgIpc) is 2.35. The number of carbonyl (C=O) groups is 1. The molecule has 102 valence electrons. The van der Waals surface area contributed by atoms with Crippen LogP contribution in [0.3, 0.4) is 0 Å². The van der Waals surface area contributed by atoms with E-state index in [9.17, 15) is 14.9 Å². The smallest absolute Gasteiger partial charge is 0.303 e. The first-order chi connectivity index (χ1) is 9.04. The van der Waals surface area contributed by atoms with Gasteiger partial charge >= 0.3 is 5.97 Å². The lowest BCUT2D eigenvalue weighted by atomic mass is 10.2. The van der Waals surface area contributed by atoms with Crippen LogP contribution in [0.25, 0.3) is 0 Å². The van der Waals surface area contributed by atoms with E-state index in [0.717, 1.165) is 6.21 Å². The Bertz CT molecular complexity index is 501. The second-order valence-corrected chi connectivity index (χ2v) is 3.60. The van der Waals surface area contributed by atoms with Gasteiger partial charge in [0.15, 0.2) is 0 Å². The quantitative estimate of drug-likeness (QED) is 0.250. The van der Waals surface area contributed by atoms with Crippen LogP contribution in [0.5, 0.6) is 5.75 Å². The summed E-state index contributed by atoms with van der Waals surface area (Å²) in [4.78, 5) is 20.5. The minimum Gasteiger partial charge on any atom is -0.494 e. The predicted molar refractivity (Wildman–Crippen MR) is 67.2 cm³/mol. The Morgan fingerprint density at radius 2 is 2.32 bits per heavy atom. The third kappa shape index (κ3) is 4.62. The summed E-state index contributed by atoms with van der Waals surface area (Å²) in [5, 5.41) is 22.4. The highest BCUT2D eigenvalue weighted by molar-refractivity contribution is 5.85. The van der Waals surface area contributed by atoms with Gasteiger partial charge in [-0.2, -0.15) is 5.10 Å². The Morgan fingerprint density at radius 1 is 1.58 bits per heavy atom. The van der Waals surface area contributed by atoms with E-state index in [1.807, 2.05) is 0 Å². The van der Waals surface area contributed by atoms with E-state index in [-0.39, 0.29) is 24.3 Å². The summed E-state index contributed by atoms with van der Waals surface area (Å²) >= 11 is 0. The first-order valence-corrected chi connectivity index (χ1v) is 5.41. The predicted octanol–water partition coefficient (Wildman–Crippen LogP) is 1.13. The number of carboxylic acid groups (broad SMARTS) is 1. The molecule has 3 N–H and O–H groups in total. The molecule has 1 aromatic rings. The molecule has 0 aliphatic rings. The van der Waals surface area contributed by atoms with Gasteiger partial charge in [-0.15, -0.1) is 0 Å². The number of carboxylic acids is 1. The molecule has 0 fully saturated rings. The molecule has 0 spiro atoms. The Hall–Kier alpha value is -2.64. The van der Waals surface area contributed by atoms with Crippen LogP contribution in [0, 0.1) is 10.1 Å². The van der Waals surface area contributed by atoms with Crippen molar-refractivity contribution in [3.63, 3.8) is 0 Å². The van der Waals surface area contributed by atoms with Gasteiger partial charge in [-0.25, -0.2) is 0 Å². The average molecular weight is 267 g/mol. The van der Waals surface area contributed by atoms with E-state index in [0.29, 0.717) is 12.2 Å². The first-order valence-electron chi connectivity index (χ1n) is 5.41. The van der Waals surface area contributed by atoms with Gasteiger partial charge in [0, 0.05) is 12.5 Å². The zero-order valence-electron chi connectivity index (χ0n) is 9.98. The van der Waals surface area contributed by atoms with Gasteiger partial charge in [0.25, 0.3) is 5.69 Å². The van der Waals surface area contributed by atoms with Crippen molar-refractivity contribution in [2.75, 3.05) is 6.61 Å². The Kier molecular flexibility index (Phi) is 5.27. The number of nitrogens with two attached hydrogens (primary N) is 1. The van der Waals surface area contributed by atoms with Crippen molar-refractivity contribution < 1.29 is 19.6 Å². The van der Waals surface area contributed by atoms with Crippen LogP contribution in [0.1, 0.15) is 18.4 Å². The van der Waals surface area contributed by atoms with Gasteiger partial charge in [0.2, 0.25) is 0 Å². The summed E-state index contributed by atoms with van der Waals surface area (Å²) in [6, 6.07) is 4.14. The molecule has 1 rings (SSSR count). The van der Waals surface area contributed by atoms with E-state index >= 15 is 0 Å². The maximum atomic E-state index is 10.7. The van der Waals surface area contributed by atoms with Gasteiger partial charge < -0.3 is 15.7 Å². The van der Waals surface area contributed by atoms with Crippen LogP contribution < -0.4 is 10.6 Å². The Balaban J connectivity index is 2.73. The fourth-order valence-electron chi connectivity index (χ4n) is 1.39. The number of aliphatic carboxylic acids is 1. The van der Waals surface area contributed by atoms with Crippen molar-refractivity contribution in [2.45, 2.75) is 12.8 Å². The molecule has 19 heavy (non-hydrogen) atoms. The summed E-state index contributed by atoms with van der Waals surface area (Å²) in [5.41, 5.74) is 0.0929. The molecule has 0 radical (unpaired) electrons. The molecule has 0 bridgehead atoms. The zero-order valence-corrected chi connectivity index (χ0v) is 9.98. The lowest BCUT2D eigenvalue weighted by Crippen LogP contribution is -2.03. The highest BCUT2D eigenvalue weighted by Crippen LogP contribution is 2.22. The van der Waals surface area contributed by atoms with Crippen LogP contribution in [-0.4, -0.2) is 28.8 Å². The normalized spacial score (nSPS) is 10.5. The molecule has 0 atom stereocenters. The lowest BCUT2D eigenvalue weighted by molar-refractivity contribution is -0.385. The van der Waals surface area contributed by atoms with Crippen LogP contribution in [-0.2, 0) is 4.79 Å². The van der Waals surface area contributed by atoms with Crippen molar-refractivity contribution in [3.05, 3.63) is 33.9 Å². The van der Waals surface area contributed by atoms with Crippen LogP contribution in [0.15, 0.2) is 23.3 Å². The molecule has 0 aliphatic heterocycles. The number of nitro benzene ring substituents is 1. The number of benzene rings is 1. The molecule has 8 nitrogen and oxygen atoms in total. The molecular formula is C11H13N3O5. The SMILES string of the molecule is NN=Cc1cc(OCCCC(=O)O)ccc1[N+](=O)[O-]. The molecule has 0 unspecified atom stereocenters. The number of hydrogen-bond acceptors (Lipinski definition) is 6. The molecule has 0 heterocycles. The molecule has 0 aromatic heterocycles. The van der Waals surface area contributed by atoms with Crippen LogP contribution in [0.2, 0.25) is 0 Å². The number of ether oxygens (including phenoxy) is 1. The van der Waals surface area contributed by atoms with E-state index in [4.69, 9.17) is 15.7 Å². The van der Waals surface area contributed by atoms with Crippen LogP contribution >= 0.6 is 0 Å². The molecular weight excluding hydrogens is 254 g/mol. The fourth-order valence-corrected chi connectivity index (χ4v) is 1.39. The summed E-state index contributed by atoms with van der Waals surface area (Å²) in [6.07, 6.45) is 1.51. The lowest BCUT2D eigenvalue weighted by Gasteiger charge is -2.06. The van der Waals surface area contributed by atoms with E-state index in [1.54, 1.807) is 0 Å². The second kappa shape index (κ2) is 6.94. The summed E-state index contributed by atoms with van der Waals surface area (Å²) in [6.45, 7) is 0.212. The van der Waals surface area contributed by atoms with Gasteiger partial charge in [0.1, 0.15) is 5.75 Å². The van der Waals surface area contributed by atoms with E-state index in [2.05, 4.69) is 5.10 Å². The molecule has 1 aromatic carbocycles. The highest BCUT2D eigenvalue weighted by atomic mass is 16.6. The number of nitrogens with zero attached hydrogens (tertiary/aromatic N) is 2.